The van der Waals surface area contributed by atoms with Gasteiger partial charge in [0.25, 0.3) is 0 Å². The van der Waals surface area contributed by atoms with Crippen LogP contribution in [-0.4, -0.2) is 34.5 Å². The van der Waals surface area contributed by atoms with E-state index in [0.717, 1.165) is 0 Å². The molecule has 1 radical (unpaired) electrons. The molecule has 1 aromatic heterocycles. The first-order valence-electron chi connectivity index (χ1n) is 5.88. The number of rotatable bonds is 1. The molecule has 2 aromatic rings. The van der Waals surface area contributed by atoms with Crippen molar-refractivity contribution < 1.29 is 0 Å². The molecule has 0 saturated carbocycles. The number of aromatic nitrogens is 1. The molecule has 99 valence electrons. The van der Waals surface area contributed by atoms with Gasteiger partial charge in [0.1, 0.15) is 30.3 Å². The van der Waals surface area contributed by atoms with Gasteiger partial charge >= 0.3 is 0 Å². The second-order valence-electron chi connectivity index (χ2n) is 4.04. The molecule has 7 heteroatoms. The molecule has 1 heterocycles. The first-order valence-corrected chi connectivity index (χ1v) is 5.88. The average Bonchev–Trinajstić information content (AvgIpc) is 2.59. The Labute approximate surface area is 154 Å². The summed E-state index contributed by atoms with van der Waals surface area (Å²) < 4.78 is 0. The van der Waals surface area contributed by atoms with Crippen LogP contribution in [0.1, 0.15) is 27.8 Å². The Kier molecular flexibility index (Phi) is 6.00. The van der Waals surface area contributed by atoms with Crippen LogP contribution < -0.4 is 0 Å². The summed E-state index contributed by atoms with van der Waals surface area (Å²) in [7, 11) is 0. The molecule has 0 N–H and O–H groups in total. The van der Waals surface area contributed by atoms with Crippen molar-refractivity contribution in [2.45, 2.75) is 0 Å². The van der Waals surface area contributed by atoms with Crippen LogP contribution in [0.5, 0.6) is 0 Å². The summed E-state index contributed by atoms with van der Waals surface area (Å²) in [5.41, 5.74) is -0.211. The molecule has 0 aliphatic carbocycles. The maximum Gasteiger partial charge on any atom is 0.102 e. The predicted octanol–water partition coefficient (Wildman–Crippen LogP) is 1.73. The van der Waals surface area contributed by atoms with Crippen molar-refractivity contribution in [3.63, 3.8) is 0 Å². The van der Waals surface area contributed by atoms with Gasteiger partial charge in [0.2, 0.25) is 0 Å². The smallest absolute Gasteiger partial charge is 0.102 e. The second kappa shape index (κ2) is 7.72. The monoisotopic (exact) mass is 303 g/mol. The molecule has 23 heavy (non-hydrogen) atoms. The first-order chi connectivity index (χ1) is 10.7. The topological polar surface area (TPSA) is 132 Å². The molecule has 0 aliphatic rings. The van der Waals surface area contributed by atoms with E-state index >= 15 is 0 Å². The number of hydrogen-bond acceptors (Lipinski definition) is 6. The van der Waals surface area contributed by atoms with Gasteiger partial charge in [-0.15, -0.1) is 0 Å². The predicted molar refractivity (Wildman–Crippen MR) is 79.0 cm³/mol. The van der Waals surface area contributed by atoms with Gasteiger partial charge in [-0.2, -0.15) is 26.3 Å². The Balaban J connectivity index is 0.00000264. The third kappa shape index (κ3) is 2.90. The van der Waals surface area contributed by atoms with Crippen LogP contribution in [0.3, 0.4) is 0 Å². The Morgan fingerprint density at radius 1 is 0.609 bits per heavy atom. The summed E-state index contributed by atoms with van der Waals surface area (Å²) in [5, 5.41) is 46.5. The minimum Gasteiger partial charge on any atom is -0.265 e. The molecular formula is C16H4N6Na. The average molecular weight is 303 g/mol. The molecule has 0 unspecified atom stereocenters. The van der Waals surface area contributed by atoms with Gasteiger partial charge in [-0.3, -0.25) is 4.98 Å². The third-order valence-electron chi connectivity index (χ3n) is 3.03. The normalized spacial score (nSPS) is 8.30. The molecule has 0 amide bonds. The summed E-state index contributed by atoms with van der Waals surface area (Å²) in [6, 6.07) is 12.1. The van der Waals surface area contributed by atoms with E-state index in [9.17, 15) is 26.3 Å². The Morgan fingerprint density at radius 3 is 1.30 bits per heavy atom. The van der Waals surface area contributed by atoms with Crippen molar-refractivity contribution in [3.8, 4) is 41.5 Å². The standard InChI is InChI=1S/C16H4N6.Na/c17-5-11-12(6-18)14(8-20)16(10-1-3-22-4-2-10)15(9-21)13(11)7-19;/h1-4H;. The van der Waals surface area contributed by atoms with E-state index in [0.29, 0.717) is 5.56 Å². The molecule has 0 bridgehead atoms. The number of nitriles is 5. The number of benzene rings is 1. The maximum absolute atomic E-state index is 9.38. The van der Waals surface area contributed by atoms with Gasteiger partial charge in [-0.25, -0.2) is 0 Å². The molecule has 6 nitrogen and oxygen atoms in total. The van der Waals surface area contributed by atoms with E-state index in [1.165, 1.54) is 12.4 Å². The third-order valence-corrected chi connectivity index (χ3v) is 3.03. The van der Waals surface area contributed by atoms with Crippen LogP contribution >= 0.6 is 0 Å². The number of pyridine rings is 1. The second-order valence-corrected chi connectivity index (χ2v) is 4.04. The summed E-state index contributed by atoms with van der Waals surface area (Å²) in [6.45, 7) is 0. The SMILES string of the molecule is N#Cc1c(C#N)c(C#N)c(-c2ccncc2)c(C#N)c1C#N.[Na]. The Bertz CT molecular complexity index is 922. The zero-order valence-corrected chi connectivity index (χ0v) is 14.0. The van der Waals surface area contributed by atoms with Crippen molar-refractivity contribution in [2.24, 2.45) is 0 Å². The molecule has 0 spiro atoms. The van der Waals surface area contributed by atoms with Gasteiger partial charge in [0, 0.05) is 47.5 Å². The van der Waals surface area contributed by atoms with Gasteiger partial charge in [0.15, 0.2) is 0 Å². The van der Waals surface area contributed by atoms with Crippen LogP contribution in [0.4, 0.5) is 0 Å². The summed E-state index contributed by atoms with van der Waals surface area (Å²) in [5.74, 6) is 0. The van der Waals surface area contributed by atoms with E-state index in [4.69, 9.17) is 0 Å². The molecular weight excluding hydrogens is 299 g/mol. The Hall–Kier alpha value is -3.18. The zero-order valence-electron chi connectivity index (χ0n) is 12.0. The van der Waals surface area contributed by atoms with Gasteiger partial charge in [-0.1, -0.05) is 0 Å². The Morgan fingerprint density at radius 2 is 0.957 bits per heavy atom. The molecule has 1 aromatic carbocycles. The van der Waals surface area contributed by atoms with E-state index in [2.05, 4.69) is 4.98 Å². The van der Waals surface area contributed by atoms with Crippen LogP contribution in [0.15, 0.2) is 24.5 Å². The van der Waals surface area contributed by atoms with Crippen molar-refractivity contribution in [1.82, 2.24) is 4.98 Å². The van der Waals surface area contributed by atoms with Gasteiger partial charge in [0.05, 0.1) is 27.8 Å². The fraction of sp³-hybridized carbons (Fsp3) is 0. The van der Waals surface area contributed by atoms with Crippen molar-refractivity contribution in [1.29, 1.82) is 26.3 Å². The van der Waals surface area contributed by atoms with Crippen LogP contribution in [-0.2, 0) is 0 Å². The summed E-state index contributed by atoms with van der Waals surface area (Å²) in [4.78, 5) is 3.85. The quantitative estimate of drug-likeness (QED) is 0.737. The van der Waals surface area contributed by atoms with Crippen LogP contribution in [0.25, 0.3) is 11.1 Å². The maximum atomic E-state index is 9.38. The van der Waals surface area contributed by atoms with Crippen LogP contribution in [0, 0.1) is 56.7 Å². The van der Waals surface area contributed by atoms with Crippen LogP contribution in [0.2, 0.25) is 0 Å². The summed E-state index contributed by atoms with van der Waals surface area (Å²) in [6.07, 6.45) is 2.93. The minimum absolute atomic E-state index is 0. The summed E-state index contributed by atoms with van der Waals surface area (Å²) >= 11 is 0. The fourth-order valence-corrected chi connectivity index (χ4v) is 2.12. The molecule has 0 atom stereocenters. The van der Waals surface area contributed by atoms with E-state index < -0.39 is 0 Å². The first kappa shape index (κ1) is 17.9. The zero-order chi connectivity index (χ0) is 16.1. The van der Waals surface area contributed by atoms with Crippen molar-refractivity contribution in [3.05, 3.63) is 52.3 Å². The number of nitrogens with zero attached hydrogens (tertiary/aromatic N) is 6. The van der Waals surface area contributed by atoms with Crippen molar-refractivity contribution >= 4 is 29.6 Å². The van der Waals surface area contributed by atoms with Gasteiger partial charge < -0.3 is 0 Å². The molecule has 2 rings (SSSR count). The van der Waals surface area contributed by atoms with E-state index in [-0.39, 0.29) is 62.9 Å². The molecule has 0 aliphatic heterocycles. The minimum atomic E-state index is -0.254. The molecule has 0 saturated heterocycles. The number of hydrogen-bond donors (Lipinski definition) is 0. The molecule has 0 fully saturated rings. The fourth-order valence-electron chi connectivity index (χ4n) is 2.12. The van der Waals surface area contributed by atoms with Crippen molar-refractivity contribution in [2.75, 3.05) is 0 Å². The largest absolute Gasteiger partial charge is 0.265 e. The van der Waals surface area contributed by atoms with Gasteiger partial charge in [-0.05, 0) is 17.7 Å². The van der Waals surface area contributed by atoms with E-state index in [1.54, 1.807) is 30.3 Å². The van der Waals surface area contributed by atoms with E-state index in [1.807, 2.05) is 12.1 Å².